The Morgan fingerprint density at radius 3 is 2.27 bits per heavy atom. The molecule has 0 heterocycles. The largest absolute Gasteiger partial charge is 0.492 e. The summed E-state index contributed by atoms with van der Waals surface area (Å²) < 4.78 is 33.7. The summed E-state index contributed by atoms with van der Waals surface area (Å²) in [6.07, 6.45) is 0. The van der Waals surface area contributed by atoms with Gasteiger partial charge in [0.05, 0.1) is 17.1 Å². The highest BCUT2D eigenvalue weighted by atomic mass is 32.2. The van der Waals surface area contributed by atoms with E-state index in [1.807, 2.05) is 58.0 Å². The van der Waals surface area contributed by atoms with Crippen molar-refractivity contribution in [2.75, 3.05) is 24.0 Å². The molecule has 0 spiro atoms. The van der Waals surface area contributed by atoms with Crippen LogP contribution in [0.25, 0.3) is 0 Å². The highest BCUT2D eigenvalue weighted by Gasteiger charge is 2.27. The van der Waals surface area contributed by atoms with Gasteiger partial charge in [-0.3, -0.25) is 9.10 Å². The molecule has 0 aliphatic rings. The number of hydrogen-bond donors (Lipinski definition) is 1. The van der Waals surface area contributed by atoms with Crippen LogP contribution in [0.2, 0.25) is 0 Å². The molecule has 174 valence electrons. The molecule has 1 amide bonds. The maximum atomic E-state index is 13.4. The molecule has 6 nitrogen and oxygen atoms in total. The number of carbonyl (C=O) groups excluding carboxylic acids is 1. The molecule has 0 atom stereocenters. The van der Waals surface area contributed by atoms with Gasteiger partial charge in [-0.1, -0.05) is 35.9 Å². The first-order valence-corrected chi connectivity index (χ1v) is 12.2. The van der Waals surface area contributed by atoms with Crippen molar-refractivity contribution in [2.45, 2.75) is 32.6 Å². The van der Waals surface area contributed by atoms with Crippen LogP contribution in [0.5, 0.6) is 5.75 Å². The summed E-state index contributed by atoms with van der Waals surface area (Å²) in [6.45, 7) is 7.95. The molecule has 0 saturated heterocycles. The highest BCUT2D eigenvalue weighted by molar-refractivity contribution is 7.92. The number of nitrogens with zero attached hydrogens (tertiary/aromatic N) is 1. The molecule has 0 radical (unpaired) electrons. The Labute approximate surface area is 196 Å². The third-order valence-electron chi connectivity index (χ3n) is 5.36. The first-order chi connectivity index (χ1) is 15.7. The summed E-state index contributed by atoms with van der Waals surface area (Å²) in [7, 11) is -3.93. The van der Waals surface area contributed by atoms with Gasteiger partial charge in [-0.2, -0.15) is 0 Å². The van der Waals surface area contributed by atoms with Crippen LogP contribution in [0, 0.1) is 27.7 Å². The van der Waals surface area contributed by atoms with Crippen molar-refractivity contribution in [3.63, 3.8) is 0 Å². The van der Waals surface area contributed by atoms with E-state index in [1.165, 1.54) is 0 Å². The van der Waals surface area contributed by atoms with Crippen LogP contribution < -0.4 is 14.4 Å². The molecule has 7 heteroatoms. The molecular formula is C26H30N2O4S. The highest BCUT2D eigenvalue weighted by Crippen LogP contribution is 2.26. The summed E-state index contributed by atoms with van der Waals surface area (Å²) in [5.41, 5.74) is 4.48. The van der Waals surface area contributed by atoms with Gasteiger partial charge in [-0.25, -0.2) is 8.42 Å². The summed E-state index contributed by atoms with van der Waals surface area (Å²) in [6, 6.07) is 19.6. The minimum Gasteiger partial charge on any atom is -0.492 e. The molecule has 0 unspecified atom stereocenters. The lowest BCUT2D eigenvalue weighted by atomic mass is 10.1. The van der Waals surface area contributed by atoms with Crippen LogP contribution in [-0.4, -0.2) is 34.0 Å². The molecule has 0 aromatic heterocycles. The lowest BCUT2D eigenvalue weighted by Crippen LogP contribution is -2.42. The number of ether oxygens (including phenoxy) is 1. The number of carbonyl (C=O) groups is 1. The number of nitrogens with one attached hydrogen (secondary N) is 1. The fourth-order valence-electron chi connectivity index (χ4n) is 3.28. The number of aryl methyl sites for hydroxylation is 4. The van der Waals surface area contributed by atoms with Gasteiger partial charge in [0.1, 0.15) is 18.9 Å². The van der Waals surface area contributed by atoms with Crippen molar-refractivity contribution in [1.29, 1.82) is 0 Å². The maximum Gasteiger partial charge on any atom is 0.264 e. The van der Waals surface area contributed by atoms with Gasteiger partial charge in [0.15, 0.2) is 0 Å². The Hall–Kier alpha value is -3.32. The van der Waals surface area contributed by atoms with E-state index in [4.69, 9.17) is 4.74 Å². The lowest BCUT2D eigenvalue weighted by Gasteiger charge is -2.25. The van der Waals surface area contributed by atoms with Crippen molar-refractivity contribution in [3.8, 4) is 5.75 Å². The third kappa shape index (κ3) is 6.35. The average Bonchev–Trinajstić information content (AvgIpc) is 2.77. The molecule has 3 aromatic carbocycles. The molecule has 0 aliphatic carbocycles. The number of sulfonamides is 1. The Morgan fingerprint density at radius 1 is 0.879 bits per heavy atom. The van der Waals surface area contributed by atoms with E-state index in [2.05, 4.69) is 5.32 Å². The molecule has 3 rings (SSSR count). The second-order valence-electron chi connectivity index (χ2n) is 8.11. The Kier molecular flexibility index (Phi) is 7.76. The topological polar surface area (TPSA) is 75.7 Å². The van der Waals surface area contributed by atoms with Crippen LogP contribution in [0.15, 0.2) is 71.6 Å². The van der Waals surface area contributed by atoms with Gasteiger partial charge in [-0.05, 0) is 80.8 Å². The molecule has 0 bridgehead atoms. The van der Waals surface area contributed by atoms with Crippen molar-refractivity contribution >= 4 is 21.6 Å². The number of rotatable bonds is 9. The fourth-order valence-corrected chi connectivity index (χ4v) is 4.70. The molecule has 0 fully saturated rings. The van der Waals surface area contributed by atoms with Gasteiger partial charge >= 0.3 is 0 Å². The monoisotopic (exact) mass is 466 g/mol. The summed E-state index contributed by atoms with van der Waals surface area (Å²) in [5.74, 6) is 0.319. The predicted octanol–water partition coefficient (Wildman–Crippen LogP) is 4.31. The fraction of sp³-hybridized carbons (Fsp3) is 0.269. The van der Waals surface area contributed by atoms with Crippen molar-refractivity contribution < 1.29 is 17.9 Å². The van der Waals surface area contributed by atoms with Crippen LogP contribution in [0.1, 0.15) is 22.3 Å². The van der Waals surface area contributed by atoms with E-state index in [1.54, 1.807) is 36.4 Å². The maximum absolute atomic E-state index is 13.4. The van der Waals surface area contributed by atoms with E-state index >= 15 is 0 Å². The zero-order valence-corrected chi connectivity index (χ0v) is 20.3. The van der Waals surface area contributed by atoms with Gasteiger partial charge in [-0.15, -0.1) is 0 Å². The van der Waals surface area contributed by atoms with Crippen LogP contribution in [0.4, 0.5) is 5.69 Å². The predicted molar refractivity (Wildman–Crippen MR) is 131 cm³/mol. The second-order valence-corrected chi connectivity index (χ2v) is 9.97. The summed E-state index contributed by atoms with van der Waals surface area (Å²) >= 11 is 0. The van der Waals surface area contributed by atoms with E-state index in [0.29, 0.717) is 5.69 Å². The second kappa shape index (κ2) is 10.5. The number of benzene rings is 3. The first kappa shape index (κ1) is 24.3. The average molecular weight is 467 g/mol. The molecule has 1 N–H and O–H groups in total. The van der Waals surface area contributed by atoms with Gasteiger partial charge in [0.25, 0.3) is 10.0 Å². The van der Waals surface area contributed by atoms with Crippen molar-refractivity contribution in [3.05, 3.63) is 89.0 Å². The molecule has 33 heavy (non-hydrogen) atoms. The van der Waals surface area contributed by atoms with Crippen molar-refractivity contribution in [1.82, 2.24) is 5.32 Å². The normalized spacial score (nSPS) is 11.2. The molecule has 0 saturated carbocycles. The van der Waals surface area contributed by atoms with Gasteiger partial charge < -0.3 is 10.1 Å². The Balaban J connectivity index is 1.74. The van der Waals surface area contributed by atoms with Crippen LogP contribution in [0.3, 0.4) is 0 Å². The molecule has 3 aromatic rings. The first-order valence-electron chi connectivity index (χ1n) is 10.8. The lowest BCUT2D eigenvalue weighted by molar-refractivity contribution is -0.119. The minimum atomic E-state index is -3.93. The quantitative estimate of drug-likeness (QED) is 0.477. The smallest absolute Gasteiger partial charge is 0.264 e. The number of amides is 1. The van der Waals surface area contributed by atoms with Crippen LogP contribution in [-0.2, 0) is 14.8 Å². The zero-order chi connectivity index (χ0) is 24.0. The number of hydrogen-bond acceptors (Lipinski definition) is 4. The Morgan fingerprint density at radius 2 is 1.61 bits per heavy atom. The molecule has 0 aliphatic heterocycles. The van der Waals surface area contributed by atoms with Crippen LogP contribution >= 0.6 is 0 Å². The number of anilines is 1. The van der Waals surface area contributed by atoms with Crippen molar-refractivity contribution in [2.24, 2.45) is 0 Å². The minimum absolute atomic E-state index is 0.141. The standard InChI is InChI=1S/C26H30N2O4S/c1-19-8-12-25(13-9-19)33(30,31)28(23-11-10-21(3)22(4)17-23)18-26(29)27-14-15-32-24-7-5-6-20(2)16-24/h5-13,16-17H,14-15,18H2,1-4H3,(H,27,29). The van der Waals surface area contributed by atoms with E-state index in [0.717, 1.165) is 32.3 Å². The molecular weight excluding hydrogens is 436 g/mol. The third-order valence-corrected chi connectivity index (χ3v) is 7.15. The Bertz CT molecular complexity index is 1220. The van der Waals surface area contributed by atoms with E-state index in [9.17, 15) is 13.2 Å². The summed E-state index contributed by atoms with van der Waals surface area (Å²) in [5, 5.41) is 2.76. The van der Waals surface area contributed by atoms with E-state index < -0.39 is 15.9 Å². The SMILES string of the molecule is Cc1ccc(S(=O)(=O)N(CC(=O)NCCOc2cccc(C)c2)c2ccc(C)c(C)c2)cc1. The van der Waals surface area contributed by atoms with Gasteiger partial charge in [0, 0.05) is 0 Å². The van der Waals surface area contributed by atoms with E-state index in [-0.39, 0.29) is 24.6 Å². The zero-order valence-electron chi connectivity index (χ0n) is 19.5. The van der Waals surface area contributed by atoms with Gasteiger partial charge in [0.2, 0.25) is 5.91 Å². The summed E-state index contributed by atoms with van der Waals surface area (Å²) in [4.78, 5) is 12.8.